The smallest absolute Gasteiger partial charge is 0.242 e. The van der Waals surface area contributed by atoms with Gasteiger partial charge in [0, 0.05) is 6.04 Å². The number of benzene rings is 1. The maximum Gasteiger partial charge on any atom is 0.242 e. The molecule has 1 unspecified atom stereocenters. The van der Waals surface area contributed by atoms with Gasteiger partial charge in [0.15, 0.2) is 0 Å². The number of fused-ring (bicyclic) bond motifs is 1. The molecule has 1 saturated carbocycles. The molecule has 0 bridgehead atoms. The van der Waals surface area contributed by atoms with Crippen molar-refractivity contribution in [3.05, 3.63) is 35.1 Å². The summed E-state index contributed by atoms with van der Waals surface area (Å²) < 4.78 is 13.3. The summed E-state index contributed by atoms with van der Waals surface area (Å²) in [5.41, 5.74) is 6.69. The Morgan fingerprint density at radius 1 is 1.30 bits per heavy atom. The van der Waals surface area contributed by atoms with Gasteiger partial charge in [-0.3, -0.25) is 10.1 Å². The van der Waals surface area contributed by atoms with Crippen LogP contribution in [0.3, 0.4) is 0 Å². The van der Waals surface area contributed by atoms with E-state index < -0.39 is 5.54 Å². The average Bonchev–Trinajstić information content (AvgIpc) is 2.79. The zero-order valence-electron chi connectivity index (χ0n) is 11.6. The summed E-state index contributed by atoms with van der Waals surface area (Å²) in [6, 6.07) is 5.01. The van der Waals surface area contributed by atoms with Gasteiger partial charge in [-0.25, -0.2) is 4.39 Å². The Kier molecular flexibility index (Phi) is 3.50. The topological polar surface area (TPSA) is 55.1 Å². The summed E-state index contributed by atoms with van der Waals surface area (Å²) in [6.07, 6.45) is 7.18. The molecule has 0 aliphatic heterocycles. The first kappa shape index (κ1) is 13.6. The number of hydrogen-bond donors (Lipinski definition) is 2. The van der Waals surface area contributed by atoms with E-state index in [-0.39, 0.29) is 11.7 Å². The van der Waals surface area contributed by atoms with E-state index in [1.807, 2.05) is 0 Å². The molecule has 3 N–H and O–H groups in total. The Morgan fingerprint density at radius 2 is 2.05 bits per heavy atom. The molecule has 3 nitrogen and oxygen atoms in total. The van der Waals surface area contributed by atoms with Crippen molar-refractivity contribution in [1.82, 2.24) is 5.32 Å². The van der Waals surface area contributed by atoms with E-state index >= 15 is 0 Å². The second-order valence-electron chi connectivity index (χ2n) is 6.05. The van der Waals surface area contributed by atoms with Gasteiger partial charge in [-0.1, -0.05) is 25.3 Å². The van der Waals surface area contributed by atoms with E-state index in [0.29, 0.717) is 18.9 Å². The maximum absolute atomic E-state index is 13.3. The number of amides is 1. The molecular formula is C16H21FN2O. The molecule has 1 amide bonds. The Bertz CT molecular complexity index is 525. The fraction of sp³-hybridized carbons (Fsp3) is 0.562. The Labute approximate surface area is 118 Å². The van der Waals surface area contributed by atoms with Crippen molar-refractivity contribution < 1.29 is 9.18 Å². The lowest BCUT2D eigenvalue weighted by atomic mass is 9.86. The summed E-state index contributed by atoms with van der Waals surface area (Å²) in [7, 11) is 0. The SMILES string of the molecule is NC(=O)C1(NC2CCCCC2)CCc2cc(F)ccc21. The molecule has 1 aromatic carbocycles. The molecule has 2 aliphatic rings. The zero-order chi connectivity index (χ0) is 14.2. The van der Waals surface area contributed by atoms with Crippen LogP contribution in [-0.4, -0.2) is 11.9 Å². The monoisotopic (exact) mass is 276 g/mol. The van der Waals surface area contributed by atoms with Gasteiger partial charge in [0.05, 0.1) is 0 Å². The first-order valence-electron chi connectivity index (χ1n) is 7.48. The van der Waals surface area contributed by atoms with Gasteiger partial charge in [0.2, 0.25) is 5.91 Å². The minimum atomic E-state index is -0.801. The second kappa shape index (κ2) is 5.17. The molecule has 3 rings (SSSR count). The Balaban J connectivity index is 1.92. The van der Waals surface area contributed by atoms with Crippen LogP contribution in [0.15, 0.2) is 18.2 Å². The Hall–Kier alpha value is -1.42. The molecule has 1 aromatic rings. The molecule has 0 radical (unpaired) electrons. The number of nitrogens with two attached hydrogens (primary N) is 1. The van der Waals surface area contributed by atoms with Crippen molar-refractivity contribution in [1.29, 1.82) is 0 Å². The lowest BCUT2D eigenvalue weighted by Crippen LogP contribution is -2.55. The summed E-state index contributed by atoms with van der Waals surface area (Å²) in [6.45, 7) is 0. The number of primary amides is 1. The third-order valence-corrected chi connectivity index (χ3v) is 4.77. The van der Waals surface area contributed by atoms with E-state index in [9.17, 15) is 9.18 Å². The highest BCUT2D eigenvalue weighted by Crippen LogP contribution is 2.38. The van der Waals surface area contributed by atoms with Crippen molar-refractivity contribution in [3.8, 4) is 0 Å². The lowest BCUT2D eigenvalue weighted by molar-refractivity contribution is -0.125. The molecule has 0 saturated heterocycles. The normalized spacial score (nSPS) is 26.4. The van der Waals surface area contributed by atoms with Crippen molar-refractivity contribution in [2.45, 2.75) is 56.5 Å². The quantitative estimate of drug-likeness (QED) is 0.890. The molecule has 0 heterocycles. The van der Waals surface area contributed by atoms with Crippen molar-refractivity contribution in [3.63, 3.8) is 0 Å². The number of aryl methyl sites for hydroxylation is 1. The second-order valence-corrected chi connectivity index (χ2v) is 6.05. The van der Waals surface area contributed by atoms with Crippen LogP contribution in [0.4, 0.5) is 4.39 Å². The van der Waals surface area contributed by atoms with Gasteiger partial charge >= 0.3 is 0 Å². The van der Waals surface area contributed by atoms with Crippen molar-refractivity contribution in [2.75, 3.05) is 0 Å². The van der Waals surface area contributed by atoms with Crippen LogP contribution >= 0.6 is 0 Å². The standard InChI is InChI=1S/C16H21FN2O/c17-12-6-7-14-11(10-12)8-9-16(14,15(18)20)19-13-4-2-1-3-5-13/h6-7,10,13,19H,1-5,8-9H2,(H2,18,20). The molecule has 1 fully saturated rings. The molecule has 1 atom stereocenters. The van der Waals surface area contributed by atoms with E-state index in [1.165, 1.54) is 31.4 Å². The minimum absolute atomic E-state index is 0.248. The highest BCUT2D eigenvalue weighted by Gasteiger charge is 2.45. The van der Waals surface area contributed by atoms with Crippen LogP contribution in [0, 0.1) is 5.82 Å². The number of hydrogen-bond acceptors (Lipinski definition) is 2. The van der Waals surface area contributed by atoms with Gasteiger partial charge in [-0.05, 0) is 48.9 Å². The van der Waals surface area contributed by atoms with E-state index in [0.717, 1.165) is 24.0 Å². The van der Waals surface area contributed by atoms with Crippen LogP contribution in [0.1, 0.15) is 49.7 Å². The summed E-state index contributed by atoms with van der Waals surface area (Å²) >= 11 is 0. The van der Waals surface area contributed by atoms with Crippen LogP contribution < -0.4 is 11.1 Å². The number of nitrogens with one attached hydrogen (secondary N) is 1. The molecule has 2 aliphatic carbocycles. The van der Waals surface area contributed by atoms with Crippen LogP contribution in [0.2, 0.25) is 0 Å². The fourth-order valence-electron chi connectivity index (χ4n) is 3.71. The van der Waals surface area contributed by atoms with Crippen molar-refractivity contribution in [2.24, 2.45) is 5.73 Å². The summed E-state index contributed by atoms with van der Waals surface area (Å²) in [5, 5.41) is 3.51. The summed E-state index contributed by atoms with van der Waals surface area (Å²) in [4.78, 5) is 12.1. The van der Waals surface area contributed by atoms with Gasteiger partial charge in [0.25, 0.3) is 0 Å². The lowest BCUT2D eigenvalue weighted by Gasteiger charge is -2.35. The van der Waals surface area contributed by atoms with E-state index in [2.05, 4.69) is 5.32 Å². The van der Waals surface area contributed by atoms with Crippen molar-refractivity contribution >= 4 is 5.91 Å². The first-order chi connectivity index (χ1) is 9.62. The fourth-order valence-corrected chi connectivity index (χ4v) is 3.71. The van der Waals surface area contributed by atoms with Crippen LogP contribution in [-0.2, 0) is 16.8 Å². The number of rotatable bonds is 3. The van der Waals surface area contributed by atoms with Gasteiger partial charge < -0.3 is 5.73 Å². The summed E-state index contributed by atoms with van der Waals surface area (Å²) in [5.74, 6) is -0.588. The number of carbonyl (C=O) groups is 1. The Morgan fingerprint density at radius 3 is 2.75 bits per heavy atom. The van der Waals surface area contributed by atoms with E-state index in [1.54, 1.807) is 6.07 Å². The third-order valence-electron chi connectivity index (χ3n) is 4.77. The van der Waals surface area contributed by atoms with Crippen LogP contribution in [0.5, 0.6) is 0 Å². The number of halogens is 1. The maximum atomic E-state index is 13.3. The molecule has 0 aromatic heterocycles. The van der Waals surface area contributed by atoms with Gasteiger partial charge in [-0.15, -0.1) is 0 Å². The molecule has 4 heteroatoms. The average molecular weight is 276 g/mol. The number of carbonyl (C=O) groups excluding carboxylic acids is 1. The van der Waals surface area contributed by atoms with Crippen LogP contribution in [0.25, 0.3) is 0 Å². The zero-order valence-corrected chi connectivity index (χ0v) is 11.6. The largest absolute Gasteiger partial charge is 0.368 e. The predicted octanol–water partition coefficient (Wildman–Crippen LogP) is 2.37. The third kappa shape index (κ3) is 2.22. The molecule has 0 spiro atoms. The highest BCUT2D eigenvalue weighted by atomic mass is 19.1. The van der Waals surface area contributed by atoms with Gasteiger partial charge in [-0.2, -0.15) is 0 Å². The molecule has 20 heavy (non-hydrogen) atoms. The first-order valence-corrected chi connectivity index (χ1v) is 7.48. The highest BCUT2D eigenvalue weighted by molar-refractivity contribution is 5.87. The van der Waals surface area contributed by atoms with Gasteiger partial charge in [0.1, 0.15) is 11.4 Å². The van der Waals surface area contributed by atoms with E-state index in [4.69, 9.17) is 5.73 Å². The minimum Gasteiger partial charge on any atom is -0.368 e. The molecule has 108 valence electrons. The molecular weight excluding hydrogens is 255 g/mol. The predicted molar refractivity (Wildman–Crippen MR) is 75.6 cm³/mol.